The van der Waals surface area contributed by atoms with Crippen LogP contribution in [0.25, 0.3) is 0 Å². The van der Waals surface area contributed by atoms with E-state index in [4.69, 9.17) is 0 Å². The number of nitrogens with zero attached hydrogens (tertiary/aromatic N) is 1. The molecule has 0 fully saturated rings. The van der Waals surface area contributed by atoms with Gasteiger partial charge in [0.15, 0.2) is 0 Å². The molecular weight excluding hydrogens is 604 g/mol. The number of amides is 3. The maximum atomic E-state index is 13.7. The second-order valence-electron chi connectivity index (χ2n) is 10.1. The third-order valence-electron chi connectivity index (χ3n) is 7.13. The maximum Gasteiger partial charge on any atom is 0.418 e. The highest BCUT2D eigenvalue weighted by Crippen LogP contribution is 2.44. The average Bonchev–Trinajstić information content (AvgIpc) is 3.02. The van der Waals surface area contributed by atoms with Gasteiger partial charge in [-0.15, -0.1) is 23.5 Å². The molecule has 0 saturated heterocycles. The Hall–Kier alpha value is -4.41. The Morgan fingerprint density at radius 1 is 0.818 bits per heavy atom. The first kappa shape index (κ1) is 29.7. The monoisotopic (exact) mass is 629 g/mol. The summed E-state index contributed by atoms with van der Waals surface area (Å²) in [4.78, 5) is 30.7. The van der Waals surface area contributed by atoms with Gasteiger partial charge < -0.3 is 10.6 Å². The predicted molar refractivity (Wildman–Crippen MR) is 171 cm³/mol. The van der Waals surface area contributed by atoms with Crippen LogP contribution in [0.1, 0.15) is 16.4 Å². The zero-order valence-electron chi connectivity index (χ0n) is 23.1. The van der Waals surface area contributed by atoms with E-state index in [2.05, 4.69) is 16.7 Å². The Labute approximate surface area is 261 Å². The van der Waals surface area contributed by atoms with Crippen LogP contribution in [0.15, 0.2) is 137 Å². The second kappa shape index (κ2) is 12.7. The molecule has 1 aliphatic heterocycles. The number of anilines is 3. The van der Waals surface area contributed by atoms with E-state index in [1.54, 1.807) is 71.3 Å². The van der Waals surface area contributed by atoms with E-state index in [1.807, 2.05) is 42.5 Å². The van der Waals surface area contributed by atoms with Gasteiger partial charge in [0.25, 0.3) is 0 Å². The number of allylic oxidation sites excluding steroid dienone is 2. The molecule has 4 aromatic rings. The first-order valence-corrected chi connectivity index (χ1v) is 15.5. The van der Waals surface area contributed by atoms with Crippen LogP contribution in [-0.4, -0.2) is 23.2 Å². The summed E-state index contributed by atoms with van der Waals surface area (Å²) in [5.41, 5.74) is 0.744. The molecule has 10 heteroatoms. The molecule has 3 amide bonds. The minimum Gasteiger partial charge on any atom is -0.324 e. The van der Waals surface area contributed by atoms with Gasteiger partial charge >= 0.3 is 12.2 Å². The van der Waals surface area contributed by atoms with Gasteiger partial charge in [0, 0.05) is 15.5 Å². The first-order chi connectivity index (χ1) is 21.3. The fourth-order valence-corrected chi connectivity index (χ4v) is 7.47. The van der Waals surface area contributed by atoms with Gasteiger partial charge in [-0.1, -0.05) is 85.0 Å². The summed E-state index contributed by atoms with van der Waals surface area (Å²) in [6.45, 7) is 0. The second-order valence-corrected chi connectivity index (χ2v) is 12.5. The van der Waals surface area contributed by atoms with E-state index < -0.39 is 22.9 Å². The van der Waals surface area contributed by atoms with E-state index in [1.165, 1.54) is 30.0 Å². The molecule has 1 aliphatic carbocycles. The molecule has 222 valence electrons. The summed E-state index contributed by atoms with van der Waals surface area (Å²) in [5, 5.41) is 4.72. The number of hydrogen-bond acceptors (Lipinski definition) is 4. The molecular formula is C34H26F3N3O2S2. The van der Waals surface area contributed by atoms with Crippen molar-refractivity contribution >= 4 is 52.5 Å². The molecule has 0 aromatic heterocycles. The molecule has 4 aromatic carbocycles. The van der Waals surface area contributed by atoms with Crippen LogP contribution >= 0.6 is 23.5 Å². The minimum absolute atomic E-state index is 0.0789. The Balaban J connectivity index is 1.25. The molecule has 5 nitrogen and oxygen atoms in total. The molecule has 3 unspecified atom stereocenters. The Bertz CT molecular complexity index is 1740. The summed E-state index contributed by atoms with van der Waals surface area (Å²) in [6, 6.07) is 28.2. The van der Waals surface area contributed by atoms with Gasteiger partial charge in [-0.3, -0.25) is 9.69 Å². The normalized spacial score (nSPS) is 17.8. The summed E-state index contributed by atoms with van der Waals surface area (Å²) in [5.74, 6) is -0.599. The lowest BCUT2D eigenvalue weighted by atomic mass is 10.1. The smallest absolute Gasteiger partial charge is 0.324 e. The number of para-hydroxylation sites is 2. The largest absolute Gasteiger partial charge is 0.418 e. The number of nitrogens with one attached hydrogen (secondary N) is 2. The fourth-order valence-electron chi connectivity index (χ4n) is 5.13. The van der Waals surface area contributed by atoms with E-state index in [0.29, 0.717) is 16.1 Å². The van der Waals surface area contributed by atoms with Crippen molar-refractivity contribution in [2.45, 2.75) is 32.5 Å². The zero-order valence-corrected chi connectivity index (χ0v) is 24.7. The van der Waals surface area contributed by atoms with Crippen LogP contribution in [0.3, 0.4) is 0 Å². The third kappa shape index (κ3) is 6.41. The highest BCUT2D eigenvalue weighted by molar-refractivity contribution is 8.00. The number of thioether (sulfide) groups is 2. The zero-order chi connectivity index (χ0) is 30.7. The Kier molecular flexibility index (Phi) is 8.54. The lowest BCUT2D eigenvalue weighted by molar-refractivity contribution is -0.137. The van der Waals surface area contributed by atoms with Crippen molar-refractivity contribution in [1.29, 1.82) is 0 Å². The van der Waals surface area contributed by atoms with Crippen molar-refractivity contribution in [3.05, 3.63) is 139 Å². The van der Waals surface area contributed by atoms with E-state index in [0.717, 1.165) is 16.6 Å². The molecule has 0 bridgehead atoms. The number of hydrogen-bond donors (Lipinski definition) is 2. The predicted octanol–water partition coefficient (Wildman–Crippen LogP) is 9.18. The van der Waals surface area contributed by atoms with E-state index >= 15 is 0 Å². The molecule has 2 aliphatic rings. The van der Waals surface area contributed by atoms with Gasteiger partial charge in [-0.2, -0.15) is 13.2 Å². The fraction of sp³-hybridized carbons (Fsp3) is 0.118. The van der Waals surface area contributed by atoms with Gasteiger partial charge in [0.1, 0.15) is 5.25 Å². The van der Waals surface area contributed by atoms with Crippen molar-refractivity contribution in [3.63, 3.8) is 0 Å². The number of halogens is 3. The SMILES string of the molecule is O=C(Nc1ccccc1C(F)(F)F)C(Sc1cccc(NC(=O)N2c3ccccc3SC3C=CC=CC32)c1)c1ccccc1. The Morgan fingerprint density at radius 3 is 2.36 bits per heavy atom. The topological polar surface area (TPSA) is 61.4 Å². The van der Waals surface area contributed by atoms with Gasteiger partial charge in [-0.25, -0.2) is 4.79 Å². The number of alkyl halides is 3. The number of carbonyl (C=O) groups excluding carboxylic acids is 2. The lowest BCUT2D eigenvalue weighted by Crippen LogP contribution is -2.49. The maximum absolute atomic E-state index is 13.7. The Morgan fingerprint density at radius 2 is 1.55 bits per heavy atom. The van der Waals surface area contributed by atoms with Gasteiger partial charge in [-0.05, 0) is 48.0 Å². The van der Waals surface area contributed by atoms with E-state index in [-0.39, 0.29) is 23.0 Å². The first-order valence-electron chi connectivity index (χ1n) is 13.8. The summed E-state index contributed by atoms with van der Waals surface area (Å²) in [7, 11) is 0. The lowest BCUT2D eigenvalue weighted by Gasteiger charge is -2.40. The molecule has 6 rings (SSSR count). The summed E-state index contributed by atoms with van der Waals surface area (Å²) < 4.78 is 40.9. The van der Waals surface area contributed by atoms with Crippen molar-refractivity contribution < 1.29 is 22.8 Å². The van der Waals surface area contributed by atoms with Crippen LogP contribution in [0, 0.1) is 0 Å². The number of fused-ring (bicyclic) bond motifs is 2. The van der Waals surface area contributed by atoms with Crippen LogP contribution in [0.5, 0.6) is 0 Å². The van der Waals surface area contributed by atoms with Crippen LogP contribution in [0.4, 0.5) is 35.0 Å². The van der Waals surface area contributed by atoms with Crippen molar-refractivity contribution in [3.8, 4) is 0 Å². The highest BCUT2D eigenvalue weighted by Gasteiger charge is 2.37. The van der Waals surface area contributed by atoms with Crippen LogP contribution < -0.4 is 15.5 Å². The molecule has 44 heavy (non-hydrogen) atoms. The molecule has 3 atom stereocenters. The number of benzene rings is 4. The van der Waals surface area contributed by atoms with Crippen molar-refractivity contribution in [1.82, 2.24) is 0 Å². The molecule has 0 spiro atoms. The molecule has 0 radical (unpaired) electrons. The van der Waals surface area contributed by atoms with Gasteiger partial charge in [0.2, 0.25) is 5.91 Å². The standard InChI is InChI=1S/C34H26F3N3O2S2/c35-34(36,37)25-15-4-5-16-26(25)39-32(41)31(22-11-2-1-3-12-22)43-24-14-10-13-23(21-24)38-33(42)40-27-17-6-8-19-29(27)44-30-20-9-7-18-28(30)40/h1-21,27,29,31H,(H,38,42)(H,39,41). The van der Waals surface area contributed by atoms with Crippen molar-refractivity contribution in [2.24, 2.45) is 0 Å². The molecule has 0 saturated carbocycles. The average molecular weight is 630 g/mol. The van der Waals surface area contributed by atoms with Crippen LogP contribution in [0.2, 0.25) is 0 Å². The number of carbonyl (C=O) groups is 2. The third-order valence-corrected chi connectivity index (χ3v) is 9.69. The molecule has 1 heterocycles. The minimum atomic E-state index is -4.62. The van der Waals surface area contributed by atoms with E-state index in [9.17, 15) is 22.8 Å². The highest BCUT2D eigenvalue weighted by atomic mass is 32.2. The summed E-state index contributed by atoms with van der Waals surface area (Å²) >= 11 is 2.90. The quantitative estimate of drug-likeness (QED) is 0.209. The summed E-state index contributed by atoms with van der Waals surface area (Å²) in [6.07, 6.45) is 3.40. The molecule has 2 N–H and O–H groups in total. The van der Waals surface area contributed by atoms with Crippen LogP contribution in [-0.2, 0) is 11.0 Å². The van der Waals surface area contributed by atoms with Crippen molar-refractivity contribution in [2.75, 3.05) is 15.5 Å². The number of urea groups is 1. The number of rotatable bonds is 6. The van der Waals surface area contributed by atoms with Gasteiger partial charge in [0.05, 0.1) is 28.2 Å².